The third kappa shape index (κ3) is 4.54. The van der Waals surface area contributed by atoms with Crippen molar-refractivity contribution in [2.75, 3.05) is 0 Å². The first-order chi connectivity index (χ1) is 17.0. The van der Waals surface area contributed by atoms with Crippen LogP contribution in [0.3, 0.4) is 0 Å². The van der Waals surface area contributed by atoms with Crippen molar-refractivity contribution in [1.29, 1.82) is 0 Å². The molecular weight excluding hydrogens is 441 g/mol. The third-order valence-corrected chi connectivity index (χ3v) is 6.76. The molecule has 1 aliphatic heterocycles. The fourth-order valence-electron chi connectivity index (χ4n) is 5.12. The Hall–Kier alpha value is -3.99. The van der Waals surface area contributed by atoms with Gasteiger partial charge >= 0.3 is 5.97 Å². The molecule has 176 valence electrons. The number of ketones is 1. The van der Waals surface area contributed by atoms with Gasteiger partial charge in [-0.3, -0.25) is 4.79 Å². The van der Waals surface area contributed by atoms with Gasteiger partial charge in [0.1, 0.15) is 18.2 Å². The molecule has 0 bridgehead atoms. The Bertz CT molecular complexity index is 1310. The molecular formula is C30H26FNO3. The molecule has 3 atom stereocenters. The second-order valence-electron chi connectivity index (χ2n) is 9.01. The zero-order chi connectivity index (χ0) is 24.4. The van der Waals surface area contributed by atoms with Gasteiger partial charge in [-0.05, 0) is 29.7 Å². The highest BCUT2D eigenvalue weighted by Crippen LogP contribution is 2.46. The van der Waals surface area contributed by atoms with Gasteiger partial charge in [-0.25, -0.2) is 9.18 Å². The normalized spacial score (nSPS) is 21.6. The molecule has 1 N–H and O–H groups in total. The van der Waals surface area contributed by atoms with Crippen LogP contribution < -0.4 is 5.32 Å². The van der Waals surface area contributed by atoms with Crippen molar-refractivity contribution < 1.29 is 18.7 Å². The maximum Gasteiger partial charge on any atom is 0.336 e. The molecule has 3 aromatic carbocycles. The van der Waals surface area contributed by atoms with Gasteiger partial charge in [0.05, 0.1) is 11.5 Å². The van der Waals surface area contributed by atoms with Crippen LogP contribution in [-0.2, 0) is 20.9 Å². The van der Waals surface area contributed by atoms with Crippen LogP contribution in [0.1, 0.15) is 41.9 Å². The molecule has 0 saturated heterocycles. The van der Waals surface area contributed by atoms with E-state index in [0.29, 0.717) is 22.5 Å². The van der Waals surface area contributed by atoms with Crippen LogP contribution >= 0.6 is 0 Å². The number of carbonyl (C=O) groups excluding carboxylic acids is 2. The SMILES string of the molecule is CC1=C(C(=O)OCc2ccccc2)C(c2ccccc2F)C2C(=O)CC(c3ccccc3)C=C2N1. The summed E-state index contributed by atoms with van der Waals surface area (Å²) in [5.74, 6) is -2.56. The van der Waals surface area contributed by atoms with Gasteiger partial charge in [0.25, 0.3) is 0 Å². The van der Waals surface area contributed by atoms with E-state index >= 15 is 4.39 Å². The molecule has 4 nitrogen and oxygen atoms in total. The smallest absolute Gasteiger partial charge is 0.336 e. The maximum atomic E-state index is 15.1. The number of fused-ring (bicyclic) bond motifs is 1. The van der Waals surface area contributed by atoms with Crippen molar-refractivity contribution in [3.8, 4) is 0 Å². The summed E-state index contributed by atoms with van der Waals surface area (Å²) in [4.78, 5) is 27.0. The monoisotopic (exact) mass is 467 g/mol. The number of hydrogen-bond donors (Lipinski definition) is 1. The van der Waals surface area contributed by atoms with Crippen molar-refractivity contribution in [3.05, 3.63) is 130 Å². The van der Waals surface area contributed by atoms with E-state index in [1.54, 1.807) is 25.1 Å². The molecule has 0 radical (unpaired) electrons. The van der Waals surface area contributed by atoms with Crippen LogP contribution in [0.2, 0.25) is 0 Å². The summed E-state index contributed by atoms with van der Waals surface area (Å²) in [6.07, 6.45) is 2.33. The van der Waals surface area contributed by atoms with E-state index in [1.807, 2.05) is 66.7 Å². The van der Waals surface area contributed by atoms with Crippen molar-refractivity contribution in [2.24, 2.45) is 5.92 Å². The van der Waals surface area contributed by atoms with E-state index in [1.165, 1.54) is 6.07 Å². The zero-order valence-electron chi connectivity index (χ0n) is 19.4. The average Bonchev–Trinajstić information content (AvgIpc) is 2.88. The predicted molar refractivity (Wildman–Crippen MR) is 132 cm³/mol. The number of benzene rings is 3. The lowest BCUT2D eigenvalue weighted by Crippen LogP contribution is -2.42. The number of esters is 1. The summed E-state index contributed by atoms with van der Waals surface area (Å²) in [5.41, 5.74) is 3.79. The molecule has 5 heteroatoms. The van der Waals surface area contributed by atoms with Crippen LogP contribution in [-0.4, -0.2) is 11.8 Å². The largest absolute Gasteiger partial charge is 0.457 e. The number of carbonyl (C=O) groups is 2. The lowest BCUT2D eigenvalue weighted by molar-refractivity contribution is -0.141. The molecule has 5 rings (SSSR count). The van der Waals surface area contributed by atoms with Gasteiger partial charge in [-0.15, -0.1) is 0 Å². The topological polar surface area (TPSA) is 55.4 Å². The standard InChI is InChI=1S/C30H26FNO3/c1-19-27(30(34)35-18-20-10-4-2-5-11-20)28(23-14-8-9-15-24(23)31)29-25(32-19)16-22(17-26(29)33)21-12-6-3-7-13-21/h2-16,22,28-29,32H,17-18H2,1H3. The Labute approximate surface area is 204 Å². The number of allylic oxidation sites excluding steroid dienone is 3. The van der Waals surface area contributed by atoms with E-state index in [-0.39, 0.29) is 24.7 Å². The van der Waals surface area contributed by atoms with E-state index in [4.69, 9.17) is 4.74 Å². The predicted octanol–water partition coefficient (Wildman–Crippen LogP) is 5.79. The Morgan fingerprint density at radius 2 is 1.60 bits per heavy atom. The van der Waals surface area contributed by atoms with Crippen LogP contribution in [0, 0.1) is 11.7 Å². The lowest BCUT2D eigenvalue weighted by Gasteiger charge is -2.39. The van der Waals surface area contributed by atoms with E-state index in [9.17, 15) is 9.59 Å². The van der Waals surface area contributed by atoms with E-state index in [2.05, 4.69) is 5.32 Å². The van der Waals surface area contributed by atoms with Crippen molar-refractivity contribution in [1.82, 2.24) is 5.32 Å². The summed E-state index contributed by atoms with van der Waals surface area (Å²) in [6.45, 7) is 1.87. The molecule has 0 fully saturated rings. The maximum absolute atomic E-state index is 15.1. The quantitative estimate of drug-likeness (QED) is 0.483. The number of hydrogen-bond acceptors (Lipinski definition) is 4. The Morgan fingerprint density at radius 1 is 0.943 bits per heavy atom. The van der Waals surface area contributed by atoms with E-state index < -0.39 is 23.6 Å². The molecule has 0 spiro atoms. The van der Waals surface area contributed by atoms with Crippen LogP contribution in [0.4, 0.5) is 4.39 Å². The highest BCUT2D eigenvalue weighted by molar-refractivity contribution is 5.96. The minimum Gasteiger partial charge on any atom is -0.457 e. The van der Waals surface area contributed by atoms with Gasteiger partial charge in [0, 0.05) is 29.7 Å². The van der Waals surface area contributed by atoms with Gasteiger partial charge in [-0.2, -0.15) is 0 Å². The molecule has 1 heterocycles. The first-order valence-corrected chi connectivity index (χ1v) is 11.8. The molecule has 0 saturated carbocycles. The fourth-order valence-corrected chi connectivity index (χ4v) is 5.12. The molecule has 3 unspecified atom stereocenters. The second-order valence-corrected chi connectivity index (χ2v) is 9.01. The summed E-state index contributed by atoms with van der Waals surface area (Å²) in [5, 5.41) is 3.29. The summed E-state index contributed by atoms with van der Waals surface area (Å²) < 4.78 is 20.7. The van der Waals surface area contributed by atoms with Gasteiger partial charge in [0.15, 0.2) is 0 Å². The number of nitrogens with one attached hydrogen (secondary N) is 1. The summed E-state index contributed by atoms with van der Waals surface area (Å²) in [6, 6.07) is 25.6. The Balaban J connectivity index is 1.55. The van der Waals surface area contributed by atoms with Crippen molar-refractivity contribution >= 4 is 11.8 Å². The van der Waals surface area contributed by atoms with Gasteiger partial charge in [-0.1, -0.05) is 84.9 Å². The minimum atomic E-state index is -0.767. The van der Waals surface area contributed by atoms with Crippen molar-refractivity contribution in [3.63, 3.8) is 0 Å². The number of halogens is 1. The Kier molecular flexibility index (Phi) is 6.32. The van der Waals surface area contributed by atoms with Crippen LogP contribution in [0.15, 0.2) is 108 Å². The Morgan fingerprint density at radius 3 is 2.31 bits per heavy atom. The molecule has 0 aromatic heterocycles. The summed E-state index contributed by atoms with van der Waals surface area (Å²) >= 11 is 0. The molecule has 3 aromatic rings. The number of Topliss-reactive ketones (excluding diaryl/α,β-unsaturated/α-hetero) is 1. The van der Waals surface area contributed by atoms with Crippen LogP contribution in [0.5, 0.6) is 0 Å². The van der Waals surface area contributed by atoms with E-state index in [0.717, 1.165) is 11.1 Å². The molecule has 35 heavy (non-hydrogen) atoms. The molecule has 0 amide bonds. The number of ether oxygens (including phenoxy) is 1. The minimum absolute atomic E-state index is 0.0297. The fraction of sp³-hybridized carbons (Fsp3) is 0.200. The highest BCUT2D eigenvalue weighted by Gasteiger charge is 2.45. The average molecular weight is 468 g/mol. The summed E-state index contributed by atoms with van der Waals surface area (Å²) in [7, 11) is 0. The van der Waals surface area contributed by atoms with Gasteiger partial charge in [0.2, 0.25) is 0 Å². The third-order valence-electron chi connectivity index (χ3n) is 6.76. The first-order valence-electron chi connectivity index (χ1n) is 11.8. The second kappa shape index (κ2) is 9.71. The highest BCUT2D eigenvalue weighted by atomic mass is 19.1. The van der Waals surface area contributed by atoms with Crippen molar-refractivity contribution in [2.45, 2.75) is 31.8 Å². The molecule has 2 aliphatic rings. The lowest BCUT2D eigenvalue weighted by atomic mass is 9.68. The van der Waals surface area contributed by atoms with Crippen LogP contribution in [0.25, 0.3) is 0 Å². The van der Waals surface area contributed by atoms with Gasteiger partial charge < -0.3 is 10.1 Å². The zero-order valence-corrected chi connectivity index (χ0v) is 19.4. The number of rotatable bonds is 5. The first kappa shape index (κ1) is 22.8. The molecule has 1 aliphatic carbocycles.